The van der Waals surface area contributed by atoms with Crippen molar-refractivity contribution in [1.29, 1.82) is 0 Å². The van der Waals surface area contributed by atoms with Crippen molar-refractivity contribution in [3.8, 4) is 0 Å². The van der Waals surface area contributed by atoms with E-state index in [1.807, 2.05) is 0 Å². The summed E-state index contributed by atoms with van der Waals surface area (Å²) in [5, 5.41) is 5.90. The number of carbonyl (C=O) groups is 2. The Balaban J connectivity index is 1.58. The zero-order chi connectivity index (χ0) is 16.9. The number of carbonyl (C=O) groups excluding carboxylic acids is 2. The van der Waals surface area contributed by atoms with Crippen LogP contribution in [0.2, 0.25) is 0 Å². The molecule has 2 heterocycles. The van der Waals surface area contributed by atoms with Gasteiger partial charge in [-0.3, -0.25) is 9.59 Å². The van der Waals surface area contributed by atoms with Gasteiger partial charge >= 0.3 is 0 Å². The summed E-state index contributed by atoms with van der Waals surface area (Å²) in [4.78, 5) is 24.4. The van der Waals surface area contributed by atoms with Gasteiger partial charge in [0, 0.05) is 6.54 Å². The molecule has 0 aliphatic heterocycles. The molecule has 0 saturated carbocycles. The molecular formula is C17H13FN2O3S. The van der Waals surface area contributed by atoms with Gasteiger partial charge in [0.1, 0.15) is 5.82 Å². The Kier molecular flexibility index (Phi) is 4.72. The smallest absolute Gasteiger partial charge is 0.291 e. The Morgan fingerprint density at radius 3 is 2.71 bits per heavy atom. The fourth-order valence-electron chi connectivity index (χ4n) is 2.02. The number of benzene rings is 1. The summed E-state index contributed by atoms with van der Waals surface area (Å²) >= 11 is 1.15. The fraction of sp³-hybridized carbons (Fsp3) is 0.0588. The van der Waals surface area contributed by atoms with Crippen LogP contribution in [0.15, 0.2) is 59.2 Å². The molecule has 0 aliphatic rings. The standard InChI is InChI=1S/C17H13FN2O3S/c18-12-4-1-3-11(9-12)10-19-17(22)14-6-7-15(24-14)20-16(21)13-5-2-8-23-13/h1-9H,10H2,(H,19,22)(H,20,21). The lowest BCUT2D eigenvalue weighted by Gasteiger charge is -2.04. The Labute approximate surface area is 141 Å². The van der Waals surface area contributed by atoms with Crippen molar-refractivity contribution >= 4 is 28.2 Å². The second-order valence-corrected chi connectivity index (χ2v) is 5.99. The largest absolute Gasteiger partial charge is 0.459 e. The zero-order valence-electron chi connectivity index (χ0n) is 12.4. The number of anilines is 1. The quantitative estimate of drug-likeness (QED) is 0.742. The van der Waals surface area contributed by atoms with E-state index in [2.05, 4.69) is 10.6 Å². The molecule has 24 heavy (non-hydrogen) atoms. The molecule has 0 aliphatic carbocycles. The van der Waals surface area contributed by atoms with Gasteiger partial charge in [0.2, 0.25) is 0 Å². The number of hydrogen-bond donors (Lipinski definition) is 2. The van der Waals surface area contributed by atoms with Crippen LogP contribution in [-0.2, 0) is 6.54 Å². The Hall–Kier alpha value is -2.93. The van der Waals surface area contributed by atoms with Gasteiger partial charge in [-0.25, -0.2) is 4.39 Å². The Morgan fingerprint density at radius 2 is 1.96 bits per heavy atom. The minimum absolute atomic E-state index is 0.195. The van der Waals surface area contributed by atoms with E-state index < -0.39 is 0 Å². The second-order valence-electron chi connectivity index (χ2n) is 4.91. The van der Waals surface area contributed by atoms with Crippen LogP contribution >= 0.6 is 11.3 Å². The maximum absolute atomic E-state index is 13.1. The van der Waals surface area contributed by atoms with Crippen molar-refractivity contribution < 1.29 is 18.4 Å². The van der Waals surface area contributed by atoms with Crippen LogP contribution in [0.25, 0.3) is 0 Å². The molecule has 2 amide bonds. The summed E-state index contributed by atoms with van der Waals surface area (Å²) in [6, 6.07) is 12.5. The molecule has 0 bridgehead atoms. The van der Waals surface area contributed by atoms with Crippen LogP contribution in [0.1, 0.15) is 25.8 Å². The van der Waals surface area contributed by atoms with Crippen molar-refractivity contribution in [2.45, 2.75) is 6.54 Å². The average molecular weight is 344 g/mol. The maximum Gasteiger partial charge on any atom is 0.291 e. The lowest BCUT2D eigenvalue weighted by atomic mass is 10.2. The zero-order valence-corrected chi connectivity index (χ0v) is 13.2. The van der Waals surface area contributed by atoms with E-state index in [4.69, 9.17) is 4.42 Å². The van der Waals surface area contributed by atoms with Gasteiger partial charge in [0.05, 0.1) is 16.1 Å². The molecular weight excluding hydrogens is 331 g/mol. The van der Waals surface area contributed by atoms with Crippen LogP contribution in [0, 0.1) is 5.82 Å². The summed E-state index contributed by atoms with van der Waals surface area (Å²) in [5.74, 6) is -0.822. The first-order valence-corrected chi connectivity index (χ1v) is 7.91. The van der Waals surface area contributed by atoms with E-state index in [1.165, 1.54) is 18.4 Å². The molecule has 3 aromatic rings. The third kappa shape index (κ3) is 3.88. The van der Waals surface area contributed by atoms with E-state index >= 15 is 0 Å². The average Bonchev–Trinajstić information content (AvgIpc) is 3.24. The molecule has 7 heteroatoms. The monoisotopic (exact) mass is 344 g/mol. The molecule has 122 valence electrons. The molecule has 5 nitrogen and oxygen atoms in total. The molecule has 0 spiro atoms. The normalized spacial score (nSPS) is 10.4. The summed E-state index contributed by atoms with van der Waals surface area (Å²) in [7, 11) is 0. The SMILES string of the molecule is O=C(Nc1ccc(C(=O)NCc2cccc(F)c2)s1)c1ccco1. The van der Waals surface area contributed by atoms with Crippen LogP contribution in [0.3, 0.4) is 0 Å². The summed E-state index contributed by atoms with van der Waals surface area (Å²) in [6.07, 6.45) is 1.41. The van der Waals surface area contributed by atoms with E-state index in [-0.39, 0.29) is 29.9 Å². The highest BCUT2D eigenvalue weighted by atomic mass is 32.1. The van der Waals surface area contributed by atoms with Gasteiger partial charge < -0.3 is 15.1 Å². The van der Waals surface area contributed by atoms with Crippen LogP contribution in [-0.4, -0.2) is 11.8 Å². The van der Waals surface area contributed by atoms with Crippen molar-refractivity contribution in [3.63, 3.8) is 0 Å². The summed E-state index contributed by atoms with van der Waals surface area (Å²) < 4.78 is 18.1. The van der Waals surface area contributed by atoms with E-state index in [1.54, 1.807) is 36.4 Å². The maximum atomic E-state index is 13.1. The summed E-state index contributed by atoms with van der Waals surface area (Å²) in [6.45, 7) is 0.225. The minimum atomic E-state index is -0.381. The van der Waals surface area contributed by atoms with Crippen molar-refractivity contribution in [2.24, 2.45) is 0 Å². The molecule has 3 rings (SSSR count). The Bertz CT molecular complexity index is 858. The van der Waals surface area contributed by atoms with Crippen LogP contribution in [0.5, 0.6) is 0 Å². The van der Waals surface area contributed by atoms with E-state index in [0.717, 1.165) is 11.3 Å². The lowest BCUT2D eigenvalue weighted by Crippen LogP contribution is -2.21. The predicted molar refractivity (Wildman–Crippen MR) is 88.6 cm³/mol. The molecule has 0 saturated heterocycles. The molecule has 0 fully saturated rings. The summed E-state index contributed by atoms with van der Waals surface area (Å²) in [5.41, 5.74) is 0.672. The number of halogens is 1. The van der Waals surface area contributed by atoms with Crippen molar-refractivity contribution in [3.05, 3.63) is 76.8 Å². The van der Waals surface area contributed by atoms with Crippen molar-refractivity contribution in [1.82, 2.24) is 5.32 Å². The van der Waals surface area contributed by atoms with Gasteiger partial charge in [0.15, 0.2) is 5.76 Å². The lowest BCUT2D eigenvalue weighted by molar-refractivity contribution is 0.0953. The topological polar surface area (TPSA) is 71.3 Å². The highest BCUT2D eigenvalue weighted by molar-refractivity contribution is 7.18. The highest BCUT2D eigenvalue weighted by Crippen LogP contribution is 2.22. The third-order valence-electron chi connectivity index (χ3n) is 3.15. The van der Waals surface area contributed by atoms with Crippen LogP contribution < -0.4 is 10.6 Å². The van der Waals surface area contributed by atoms with Crippen LogP contribution in [0.4, 0.5) is 9.39 Å². The minimum Gasteiger partial charge on any atom is -0.459 e. The second kappa shape index (κ2) is 7.10. The molecule has 1 aromatic carbocycles. The number of thiophene rings is 1. The molecule has 0 radical (unpaired) electrons. The van der Waals surface area contributed by atoms with Gasteiger partial charge in [-0.2, -0.15) is 0 Å². The predicted octanol–water partition coefficient (Wildman–Crippen LogP) is 3.66. The number of amides is 2. The number of hydrogen-bond acceptors (Lipinski definition) is 4. The van der Waals surface area contributed by atoms with Gasteiger partial charge in [-0.05, 0) is 42.0 Å². The van der Waals surface area contributed by atoms with E-state index in [9.17, 15) is 14.0 Å². The molecule has 0 atom stereocenters. The first kappa shape index (κ1) is 15.9. The van der Waals surface area contributed by atoms with Gasteiger partial charge in [0.25, 0.3) is 11.8 Å². The fourth-order valence-corrected chi connectivity index (χ4v) is 2.84. The third-order valence-corrected chi connectivity index (χ3v) is 4.15. The first-order valence-electron chi connectivity index (χ1n) is 7.09. The first-order chi connectivity index (χ1) is 11.6. The van der Waals surface area contributed by atoms with Gasteiger partial charge in [-0.1, -0.05) is 12.1 Å². The van der Waals surface area contributed by atoms with E-state index in [0.29, 0.717) is 15.4 Å². The Morgan fingerprint density at radius 1 is 1.08 bits per heavy atom. The highest BCUT2D eigenvalue weighted by Gasteiger charge is 2.13. The van der Waals surface area contributed by atoms with Gasteiger partial charge in [-0.15, -0.1) is 11.3 Å². The molecule has 2 aromatic heterocycles. The molecule has 2 N–H and O–H groups in total. The number of rotatable bonds is 5. The number of furan rings is 1. The van der Waals surface area contributed by atoms with Crippen molar-refractivity contribution in [2.75, 3.05) is 5.32 Å². The number of nitrogens with one attached hydrogen (secondary N) is 2. The molecule has 0 unspecified atom stereocenters.